The number of esters is 1. The van der Waals surface area contributed by atoms with Crippen LogP contribution in [-0.4, -0.2) is 21.5 Å². The highest BCUT2D eigenvalue weighted by molar-refractivity contribution is 7.89. The zero-order valence-electron chi connectivity index (χ0n) is 13.7. The average molecular weight is 380 g/mol. The van der Waals surface area contributed by atoms with E-state index in [4.69, 9.17) is 11.6 Å². The van der Waals surface area contributed by atoms with Gasteiger partial charge in [-0.05, 0) is 48.6 Å². The number of hydrogen-bond donors (Lipinski definition) is 1. The highest BCUT2D eigenvalue weighted by Gasteiger charge is 2.26. The normalized spacial score (nSPS) is 17.0. The van der Waals surface area contributed by atoms with E-state index in [9.17, 15) is 13.2 Å². The molecule has 0 spiro atoms. The summed E-state index contributed by atoms with van der Waals surface area (Å²) in [6.45, 7) is 0. The number of carbonyl (C=O) groups excluding carboxylic acids is 1. The average Bonchev–Trinajstić information content (AvgIpc) is 2.61. The summed E-state index contributed by atoms with van der Waals surface area (Å²) in [5.74, 6) is -0.676. The molecule has 3 rings (SSSR count). The first kappa shape index (κ1) is 17.9. The Balaban J connectivity index is 1.92. The van der Waals surface area contributed by atoms with Gasteiger partial charge in [0.05, 0.1) is 22.6 Å². The summed E-state index contributed by atoms with van der Waals surface area (Å²) in [7, 11) is -2.58. The molecule has 5 nitrogen and oxygen atoms in total. The van der Waals surface area contributed by atoms with Crippen LogP contribution in [0.3, 0.4) is 0 Å². The van der Waals surface area contributed by atoms with Crippen molar-refractivity contribution in [2.75, 3.05) is 7.11 Å². The second-order valence-electron chi connectivity index (χ2n) is 5.90. The van der Waals surface area contributed by atoms with Gasteiger partial charge in [0.15, 0.2) is 0 Å². The Morgan fingerprint density at radius 1 is 1.24 bits per heavy atom. The van der Waals surface area contributed by atoms with Crippen LogP contribution in [0.2, 0.25) is 5.02 Å². The van der Waals surface area contributed by atoms with E-state index in [1.165, 1.54) is 25.3 Å². The van der Waals surface area contributed by atoms with Crippen molar-refractivity contribution in [1.82, 2.24) is 4.72 Å². The first-order valence-corrected chi connectivity index (χ1v) is 9.76. The molecule has 2 aromatic carbocycles. The lowest BCUT2D eigenvalue weighted by Crippen LogP contribution is -2.31. The maximum absolute atomic E-state index is 12.8. The second kappa shape index (κ2) is 7.15. The third kappa shape index (κ3) is 3.71. The Labute approximate surface area is 152 Å². The molecule has 1 aliphatic carbocycles. The molecule has 2 aromatic rings. The van der Waals surface area contributed by atoms with Crippen LogP contribution in [0.15, 0.2) is 47.4 Å². The molecule has 0 aliphatic heterocycles. The van der Waals surface area contributed by atoms with Crippen LogP contribution in [0.4, 0.5) is 0 Å². The van der Waals surface area contributed by atoms with Crippen LogP contribution in [0, 0.1) is 0 Å². The highest BCUT2D eigenvalue weighted by atomic mass is 35.5. The molecule has 1 atom stereocenters. The van der Waals surface area contributed by atoms with Crippen LogP contribution in [0.25, 0.3) is 0 Å². The number of fused-ring (bicyclic) bond motifs is 1. The Morgan fingerprint density at radius 2 is 2.00 bits per heavy atom. The van der Waals surface area contributed by atoms with Crippen molar-refractivity contribution in [3.8, 4) is 0 Å². The van der Waals surface area contributed by atoms with Gasteiger partial charge in [-0.15, -0.1) is 0 Å². The first-order chi connectivity index (χ1) is 11.9. The first-order valence-electron chi connectivity index (χ1n) is 7.90. The summed E-state index contributed by atoms with van der Waals surface area (Å²) in [5, 5.41) is 0.147. The number of aryl methyl sites for hydroxylation is 1. The van der Waals surface area contributed by atoms with Gasteiger partial charge < -0.3 is 4.74 Å². The minimum Gasteiger partial charge on any atom is -0.465 e. The van der Waals surface area contributed by atoms with Crippen molar-refractivity contribution in [2.24, 2.45) is 0 Å². The van der Waals surface area contributed by atoms with E-state index in [0.717, 1.165) is 30.4 Å². The van der Waals surface area contributed by atoms with Gasteiger partial charge in [-0.25, -0.2) is 17.9 Å². The molecule has 0 saturated heterocycles. The van der Waals surface area contributed by atoms with Gasteiger partial charge in [-0.3, -0.25) is 0 Å². The van der Waals surface area contributed by atoms with E-state index in [1.54, 1.807) is 0 Å². The van der Waals surface area contributed by atoms with Crippen molar-refractivity contribution in [1.29, 1.82) is 0 Å². The Morgan fingerprint density at radius 3 is 2.76 bits per heavy atom. The number of ether oxygens (including phenoxy) is 1. The molecule has 0 aromatic heterocycles. The molecule has 0 unspecified atom stereocenters. The number of sulfonamides is 1. The van der Waals surface area contributed by atoms with Gasteiger partial charge in [0.2, 0.25) is 10.0 Å². The SMILES string of the molecule is COC(=O)c1cc(S(=O)(=O)N[C@@H]2CCCc3ccccc32)ccc1Cl. The lowest BCUT2D eigenvalue weighted by Gasteiger charge is -2.26. The quantitative estimate of drug-likeness (QED) is 0.825. The molecule has 1 N–H and O–H groups in total. The van der Waals surface area contributed by atoms with Crippen molar-refractivity contribution >= 4 is 27.6 Å². The number of rotatable bonds is 4. The zero-order chi connectivity index (χ0) is 18.0. The van der Waals surface area contributed by atoms with E-state index in [2.05, 4.69) is 9.46 Å². The van der Waals surface area contributed by atoms with Crippen LogP contribution in [-0.2, 0) is 21.2 Å². The minimum absolute atomic E-state index is 0.0136. The Kier molecular flexibility index (Phi) is 5.13. The van der Waals surface area contributed by atoms with E-state index in [-0.39, 0.29) is 21.5 Å². The Bertz CT molecular complexity index is 911. The lowest BCUT2D eigenvalue weighted by molar-refractivity contribution is 0.0600. The molecule has 7 heteroatoms. The molecule has 0 amide bonds. The van der Waals surface area contributed by atoms with Crippen LogP contribution < -0.4 is 4.72 Å². The van der Waals surface area contributed by atoms with Gasteiger partial charge >= 0.3 is 5.97 Å². The van der Waals surface area contributed by atoms with Gasteiger partial charge in [0.1, 0.15) is 0 Å². The number of methoxy groups -OCH3 is 1. The van der Waals surface area contributed by atoms with Crippen LogP contribution >= 0.6 is 11.6 Å². The van der Waals surface area contributed by atoms with Crippen molar-refractivity contribution in [3.63, 3.8) is 0 Å². The summed E-state index contributed by atoms with van der Waals surface area (Å²) in [5.41, 5.74) is 2.18. The maximum atomic E-state index is 12.8. The molecule has 0 heterocycles. The Hall–Kier alpha value is -1.89. The fourth-order valence-electron chi connectivity index (χ4n) is 3.07. The smallest absolute Gasteiger partial charge is 0.339 e. The fourth-order valence-corrected chi connectivity index (χ4v) is 4.54. The number of carbonyl (C=O) groups is 1. The van der Waals surface area contributed by atoms with Crippen molar-refractivity contribution < 1.29 is 17.9 Å². The van der Waals surface area contributed by atoms with E-state index < -0.39 is 16.0 Å². The molecular formula is C18H18ClNO4S. The highest BCUT2D eigenvalue weighted by Crippen LogP contribution is 2.31. The van der Waals surface area contributed by atoms with Gasteiger partial charge in [-0.2, -0.15) is 0 Å². The topological polar surface area (TPSA) is 72.5 Å². The van der Waals surface area contributed by atoms with Gasteiger partial charge in [-0.1, -0.05) is 35.9 Å². The van der Waals surface area contributed by atoms with Crippen LogP contribution in [0.1, 0.15) is 40.4 Å². The summed E-state index contributed by atoms with van der Waals surface area (Å²) < 4.78 is 32.9. The molecule has 25 heavy (non-hydrogen) atoms. The van der Waals surface area contributed by atoms with Gasteiger partial charge in [0.25, 0.3) is 0 Å². The number of nitrogens with one attached hydrogen (secondary N) is 1. The number of halogens is 1. The molecule has 0 bridgehead atoms. The molecule has 132 valence electrons. The van der Waals surface area contributed by atoms with Crippen LogP contribution in [0.5, 0.6) is 0 Å². The zero-order valence-corrected chi connectivity index (χ0v) is 15.2. The molecular weight excluding hydrogens is 362 g/mol. The number of hydrogen-bond acceptors (Lipinski definition) is 4. The third-order valence-electron chi connectivity index (χ3n) is 4.32. The number of benzene rings is 2. The predicted molar refractivity (Wildman–Crippen MR) is 95.2 cm³/mol. The molecule has 0 radical (unpaired) electrons. The van der Waals surface area contributed by atoms with Gasteiger partial charge in [0, 0.05) is 6.04 Å². The third-order valence-corrected chi connectivity index (χ3v) is 6.12. The lowest BCUT2D eigenvalue weighted by atomic mass is 9.88. The largest absolute Gasteiger partial charge is 0.465 e. The minimum atomic E-state index is -3.80. The van der Waals surface area contributed by atoms with Crippen molar-refractivity contribution in [3.05, 3.63) is 64.2 Å². The molecule has 1 aliphatic rings. The summed E-state index contributed by atoms with van der Waals surface area (Å²) >= 11 is 5.96. The standard InChI is InChI=1S/C18H18ClNO4S/c1-24-18(21)15-11-13(9-10-16(15)19)25(22,23)20-17-8-4-6-12-5-2-3-7-14(12)17/h2-3,5,7,9-11,17,20H,4,6,8H2,1H3/t17-/m1/s1. The predicted octanol–water partition coefficient (Wildman–Crippen LogP) is 3.48. The van der Waals surface area contributed by atoms with E-state index in [1.807, 2.05) is 24.3 Å². The summed E-state index contributed by atoms with van der Waals surface area (Å²) in [6.07, 6.45) is 2.59. The second-order valence-corrected chi connectivity index (χ2v) is 8.02. The molecule has 0 fully saturated rings. The maximum Gasteiger partial charge on any atom is 0.339 e. The van der Waals surface area contributed by atoms with E-state index in [0.29, 0.717) is 0 Å². The summed E-state index contributed by atoms with van der Waals surface area (Å²) in [4.78, 5) is 11.7. The fraction of sp³-hybridized carbons (Fsp3) is 0.278. The van der Waals surface area contributed by atoms with Crippen molar-refractivity contribution in [2.45, 2.75) is 30.2 Å². The monoisotopic (exact) mass is 379 g/mol. The summed E-state index contributed by atoms with van der Waals surface area (Å²) in [6, 6.07) is 11.6. The molecule has 0 saturated carbocycles. The van der Waals surface area contributed by atoms with E-state index >= 15 is 0 Å².